The molecule has 0 spiro atoms. The minimum absolute atomic E-state index is 0.0783. The highest BCUT2D eigenvalue weighted by atomic mass is 35.5. The quantitative estimate of drug-likeness (QED) is 0.569. The molecule has 8 nitrogen and oxygen atoms in total. The van der Waals surface area contributed by atoms with Crippen molar-refractivity contribution in [3.63, 3.8) is 0 Å². The van der Waals surface area contributed by atoms with Crippen molar-refractivity contribution < 1.29 is 33.7 Å². The molecule has 0 fully saturated rings. The van der Waals surface area contributed by atoms with Crippen LogP contribution < -0.4 is 4.74 Å². The number of carbonyl (C=O) groups excluding carboxylic acids is 3. The standard InChI is InChI=1S/C21H22ClNO7S/c1-4-16(24)23-20-18(21(27)29-6-3)19(26)15(31-20)10-12-7-8-14(13(22)9-12)30-11-17(25)28-5-2/h7-10,26H,4-6,11H2,1-3H3/b15-10-,23-20?. The third kappa shape index (κ3) is 6.60. The lowest BCUT2D eigenvalue weighted by Gasteiger charge is -2.08. The number of aliphatic hydroxyl groups is 1. The van der Waals surface area contributed by atoms with Crippen LogP contribution in [0.25, 0.3) is 6.08 Å². The van der Waals surface area contributed by atoms with E-state index in [2.05, 4.69) is 4.99 Å². The molecule has 2 rings (SSSR count). The second-order valence-corrected chi connectivity index (χ2v) is 7.44. The molecule has 1 amide bonds. The first kappa shape index (κ1) is 24.5. The first-order chi connectivity index (χ1) is 14.8. The van der Waals surface area contributed by atoms with Crippen molar-refractivity contribution in [3.05, 3.63) is 45.0 Å². The van der Waals surface area contributed by atoms with Crippen LogP contribution in [0.3, 0.4) is 0 Å². The summed E-state index contributed by atoms with van der Waals surface area (Å²) in [4.78, 5) is 39.6. The molecular weight excluding hydrogens is 446 g/mol. The van der Waals surface area contributed by atoms with Crippen molar-refractivity contribution in [2.75, 3.05) is 19.8 Å². The van der Waals surface area contributed by atoms with Crippen molar-refractivity contribution in [2.45, 2.75) is 27.2 Å². The number of ether oxygens (including phenoxy) is 3. The van der Waals surface area contributed by atoms with Crippen LogP contribution in [0.5, 0.6) is 5.75 Å². The molecule has 1 N–H and O–H groups in total. The third-order valence-corrected chi connectivity index (χ3v) is 5.12. The second kappa shape index (κ2) is 11.6. The number of halogens is 1. The Hall–Kier alpha value is -2.78. The van der Waals surface area contributed by atoms with Crippen molar-refractivity contribution in [1.82, 2.24) is 0 Å². The highest BCUT2D eigenvalue weighted by Crippen LogP contribution is 2.39. The van der Waals surface area contributed by atoms with Crippen LogP contribution in [0.15, 0.2) is 39.4 Å². The van der Waals surface area contributed by atoms with E-state index >= 15 is 0 Å². The zero-order valence-electron chi connectivity index (χ0n) is 17.3. The van der Waals surface area contributed by atoms with E-state index < -0.39 is 17.8 Å². The Labute approximate surface area is 188 Å². The fraction of sp³-hybridized carbons (Fsp3) is 0.333. The number of hydrogen-bond donors (Lipinski definition) is 1. The molecule has 10 heteroatoms. The SMILES string of the molecule is CCOC(=O)COc1ccc(/C=C2\SC(=NC(=O)CC)C(C(=O)OCC)=C2O)cc1Cl. The molecule has 0 aliphatic carbocycles. The summed E-state index contributed by atoms with van der Waals surface area (Å²) >= 11 is 7.20. The molecule has 1 aliphatic heterocycles. The predicted molar refractivity (Wildman–Crippen MR) is 118 cm³/mol. The first-order valence-electron chi connectivity index (χ1n) is 9.50. The van der Waals surface area contributed by atoms with Crippen LogP contribution >= 0.6 is 23.4 Å². The molecule has 1 aliphatic rings. The minimum atomic E-state index is -0.765. The number of hydrogen-bond acceptors (Lipinski definition) is 8. The Bertz CT molecular complexity index is 968. The number of aliphatic hydroxyl groups excluding tert-OH is 1. The zero-order valence-corrected chi connectivity index (χ0v) is 18.8. The highest BCUT2D eigenvalue weighted by Gasteiger charge is 2.33. The Morgan fingerprint density at radius 2 is 1.87 bits per heavy atom. The smallest absolute Gasteiger partial charge is 0.344 e. The van der Waals surface area contributed by atoms with E-state index in [0.29, 0.717) is 16.2 Å². The maximum absolute atomic E-state index is 12.3. The van der Waals surface area contributed by atoms with E-state index in [4.69, 9.17) is 25.8 Å². The molecule has 1 heterocycles. The van der Waals surface area contributed by atoms with E-state index in [-0.39, 0.29) is 47.6 Å². The van der Waals surface area contributed by atoms with Gasteiger partial charge in [-0.15, -0.1) is 0 Å². The fourth-order valence-corrected chi connectivity index (χ4v) is 3.67. The van der Waals surface area contributed by atoms with Gasteiger partial charge < -0.3 is 19.3 Å². The normalized spacial score (nSPS) is 16.0. The number of esters is 2. The maximum atomic E-state index is 12.3. The summed E-state index contributed by atoms with van der Waals surface area (Å²) in [7, 11) is 0. The van der Waals surface area contributed by atoms with Crippen LogP contribution in [0, 0.1) is 0 Å². The Morgan fingerprint density at radius 1 is 1.16 bits per heavy atom. The van der Waals surface area contributed by atoms with Gasteiger partial charge in [-0.2, -0.15) is 0 Å². The average Bonchev–Trinajstić information content (AvgIpc) is 3.02. The molecular formula is C21H22ClNO7S. The summed E-state index contributed by atoms with van der Waals surface area (Å²) in [6, 6.07) is 4.79. The van der Waals surface area contributed by atoms with E-state index in [9.17, 15) is 19.5 Å². The van der Waals surface area contributed by atoms with Crippen molar-refractivity contribution in [2.24, 2.45) is 4.99 Å². The highest BCUT2D eigenvalue weighted by molar-refractivity contribution is 8.18. The molecule has 0 saturated heterocycles. The first-order valence-corrected chi connectivity index (χ1v) is 10.7. The number of carbonyl (C=O) groups is 3. The van der Waals surface area contributed by atoms with Gasteiger partial charge in [-0.25, -0.2) is 14.6 Å². The molecule has 1 aromatic carbocycles. The summed E-state index contributed by atoms with van der Waals surface area (Å²) < 4.78 is 15.1. The lowest BCUT2D eigenvalue weighted by Crippen LogP contribution is -2.14. The molecule has 0 saturated carbocycles. The number of thioether (sulfide) groups is 1. The lowest BCUT2D eigenvalue weighted by molar-refractivity contribution is -0.145. The molecule has 0 aromatic heterocycles. The minimum Gasteiger partial charge on any atom is -0.506 e. The zero-order chi connectivity index (χ0) is 23.0. The Kier molecular flexibility index (Phi) is 9.14. The van der Waals surface area contributed by atoms with Gasteiger partial charge in [0.25, 0.3) is 0 Å². The van der Waals surface area contributed by atoms with Gasteiger partial charge in [0.1, 0.15) is 22.1 Å². The third-order valence-electron chi connectivity index (χ3n) is 3.80. The van der Waals surface area contributed by atoms with E-state index in [1.807, 2.05) is 0 Å². The monoisotopic (exact) mass is 467 g/mol. The molecule has 31 heavy (non-hydrogen) atoms. The summed E-state index contributed by atoms with van der Waals surface area (Å²) in [5, 5.41) is 10.9. The second-order valence-electron chi connectivity index (χ2n) is 6.00. The van der Waals surface area contributed by atoms with Gasteiger partial charge in [-0.1, -0.05) is 36.4 Å². The van der Waals surface area contributed by atoms with Gasteiger partial charge in [-0.05, 0) is 37.6 Å². The van der Waals surface area contributed by atoms with Crippen molar-refractivity contribution in [1.29, 1.82) is 0 Å². The number of rotatable bonds is 8. The van der Waals surface area contributed by atoms with Gasteiger partial charge in [0.05, 0.1) is 23.1 Å². The van der Waals surface area contributed by atoms with Crippen LogP contribution in [-0.2, 0) is 23.9 Å². The maximum Gasteiger partial charge on any atom is 0.344 e. The average molecular weight is 468 g/mol. The van der Waals surface area contributed by atoms with Crippen LogP contribution in [0.1, 0.15) is 32.8 Å². The van der Waals surface area contributed by atoms with Gasteiger partial charge in [0.15, 0.2) is 6.61 Å². The number of benzene rings is 1. The molecule has 0 atom stereocenters. The summed E-state index contributed by atoms with van der Waals surface area (Å²) in [5.74, 6) is -1.74. The van der Waals surface area contributed by atoms with Gasteiger partial charge in [0, 0.05) is 6.42 Å². The fourth-order valence-electron chi connectivity index (χ4n) is 2.40. The van der Waals surface area contributed by atoms with Crippen LogP contribution in [0.4, 0.5) is 0 Å². The lowest BCUT2D eigenvalue weighted by atomic mass is 10.1. The molecule has 0 unspecified atom stereocenters. The number of amides is 1. The van der Waals surface area contributed by atoms with E-state index in [1.165, 1.54) is 0 Å². The Balaban J connectivity index is 2.30. The number of aliphatic imine (C=N–C) groups is 1. The van der Waals surface area contributed by atoms with Crippen LogP contribution in [0.2, 0.25) is 5.02 Å². The van der Waals surface area contributed by atoms with E-state index in [1.54, 1.807) is 45.0 Å². The summed E-state index contributed by atoms with van der Waals surface area (Å²) in [6.07, 6.45) is 1.74. The van der Waals surface area contributed by atoms with Crippen molar-refractivity contribution >= 4 is 52.3 Å². The largest absolute Gasteiger partial charge is 0.506 e. The predicted octanol–water partition coefficient (Wildman–Crippen LogP) is 4.08. The van der Waals surface area contributed by atoms with Gasteiger partial charge in [-0.3, -0.25) is 4.79 Å². The summed E-state index contributed by atoms with van der Waals surface area (Å²) in [5.41, 5.74) is 0.439. The Morgan fingerprint density at radius 3 is 2.48 bits per heavy atom. The molecule has 166 valence electrons. The molecule has 1 aromatic rings. The van der Waals surface area contributed by atoms with Crippen LogP contribution in [-0.4, -0.2) is 47.8 Å². The topological polar surface area (TPSA) is 111 Å². The summed E-state index contributed by atoms with van der Waals surface area (Å²) in [6.45, 7) is 5.05. The van der Waals surface area contributed by atoms with E-state index in [0.717, 1.165) is 11.8 Å². The molecule has 0 radical (unpaired) electrons. The van der Waals surface area contributed by atoms with Crippen molar-refractivity contribution in [3.8, 4) is 5.75 Å². The molecule has 0 bridgehead atoms. The van der Waals surface area contributed by atoms with Gasteiger partial charge >= 0.3 is 11.9 Å². The number of nitrogens with zero attached hydrogens (tertiary/aromatic N) is 1. The van der Waals surface area contributed by atoms with Gasteiger partial charge in [0.2, 0.25) is 5.91 Å².